The monoisotopic (exact) mass is 353 g/mol. The molecule has 0 aromatic heterocycles. The number of hydrogen-bond acceptors (Lipinski definition) is 3. The third-order valence-electron chi connectivity index (χ3n) is 2.55. The van der Waals surface area contributed by atoms with E-state index in [4.69, 9.17) is 6.42 Å². The summed E-state index contributed by atoms with van der Waals surface area (Å²) in [6, 6.07) is 0.282. The van der Waals surface area contributed by atoms with Crippen LogP contribution in [0.15, 0.2) is 18.2 Å². The summed E-state index contributed by atoms with van der Waals surface area (Å²) in [6.07, 6.45) is -5.34. The van der Waals surface area contributed by atoms with Crippen LogP contribution in [0, 0.1) is 12.3 Å². The highest BCUT2D eigenvalue weighted by molar-refractivity contribution is 5.91. The Morgan fingerprint density at radius 2 is 1.54 bits per heavy atom. The van der Waals surface area contributed by atoms with E-state index in [0.29, 0.717) is 0 Å². The number of alkyl halides is 6. The maximum Gasteiger partial charge on any atom is 0.416 e. The Bertz CT molecular complexity index is 640. The maximum absolute atomic E-state index is 12.7. The van der Waals surface area contributed by atoms with Gasteiger partial charge < -0.3 is 10.1 Å². The molecule has 1 aromatic rings. The van der Waals surface area contributed by atoms with E-state index in [-0.39, 0.29) is 24.7 Å². The second-order valence-electron chi connectivity index (χ2n) is 4.35. The average Bonchev–Trinajstić information content (AvgIpc) is 2.48. The van der Waals surface area contributed by atoms with Gasteiger partial charge in [0.2, 0.25) is 0 Å². The van der Waals surface area contributed by atoms with Crippen LogP contribution in [0.1, 0.15) is 21.5 Å². The largest absolute Gasteiger partial charge is 0.452 e. The Morgan fingerprint density at radius 3 is 1.96 bits per heavy atom. The highest BCUT2D eigenvalue weighted by atomic mass is 19.4. The predicted octanol–water partition coefficient (Wildman–Crippen LogP) is 2.63. The Hall–Kier alpha value is -2.70. The summed E-state index contributed by atoms with van der Waals surface area (Å²) < 4.78 is 80.3. The molecule has 0 unspecified atom stereocenters. The Balaban J connectivity index is 3.03. The van der Waals surface area contributed by atoms with E-state index in [1.54, 1.807) is 0 Å². The zero-order valence-corrected chi connectivity index (χ0v) is 11.7. The summed E-state index contributed by atoms with van der Waals surface area (Å²) in [5.41, 5.74) is -4.32. The predicted molar refractivity (Wildman–Crippen MR) is 68.6 cm³/mol. The van der Waals surface area contributed by atoms with Gasteiger partial charge in [0.1, 0.15) is 0 Å². The molecule has 0 bridgehead atoms. The molecule has 24 heavy (non-hydrogen) atoms. The molecule has 0 aliphatic carbocycles. The van der Waals surface area contributed by atoms with Crippen LogP contribution in [0.2, 0.25) is 0 Å². The lowest BCUT2D eigenvalue weighted by Gasteiger charge is -2.13. The Morgan fingerprint density at radius 1 is 1.04 bits per heavy atom. The standard InChI is InChI=1S/C14H9F6NO3/c1-2-3-21-11(22)7-24-12(23)8-4-9(13(15,16)17)6-10(5-8)14(18,19)20/h1,4-6H,3,7H2,(H,21,22). The maximum atomic E-state index is 12.7. The Labute approximate surface area is 131 Å². The van der Waals surface area contributed by atoms with E-state index in [1.807, 2.05) is 5.92 Å². The fourth-order valence-electron chi connectivity index (χ4n) is 1.49. The topological polar surface area (TPSA) is 55.4 Å². The van der Waals surface area contributed by atoms with Gasteiger partial charge in [0, 0.05) is 0 Å². The number of carbonyl (C=O) groups excluding carboxylic acids is 2. The number of rotatable bonds is 4. The lowest BCUT2D eigenvalue weighted by atomic mass is 10.0. The van der Waals surface area contributed by atoms with Gasteiger partial charge in [-0.25, -0.2) is 4.79 Å². The van der Waals surface area contributed by atoms with Gasteiger partial charge in [-0.2, -0.15) is 26.3 Å². The summed E-state index contributed by atoms with van der Waals surface area (Å²) in [5, 5.41) is 2.10. The zero-order valence-electron chi connectivity index (χ0n) is 11.7. The van der Waals surface area contributed by atoms with Crippen LogP contribution in [0.5, 0.6) is 0 Å². The first-order valence-electron chi connectivity index (χ1n) is 6.12. The average molecular weight is 353 g/mol. The summed E-state index contributed by atoms with van der Waals surface area (Å²) in [4.78, 5) is 22.8. The molecule has 0 heterocycles. The summed E-state index contributed by atoms with van der Waals surface area (Å²) in [5.74, 6) is -0.325. The van der Waals surface area contributed by atoms with Crippen molar-refractivity contribution in [2.24, 2.45) is 0 Å². The van der Waals surface area contributed by atoms with Crippen molar-refractivity contribution in [2.75, 3.05) is 13.2 Å². The number of terminal acetylenes is 1. The molecule has 10 heteroatoms. The lowest BCUT2D eigenvalue weighted by Crippen LogP contribution is -2.29. The van der Waals surface area contributed by atoms with Crippen LogP contribution in [0.25, 0.3) is 0 Å². The molecule has 0 aliphatic heterocycles. The highest BCUT2D eigenvalue weighted by Gasteiger charge is 2.37. The van der Waals surface area contributed by atoms with Gasteiger partial charge in [-0.3, -0.25) is 4.79 Å². The third kappa shape index (κ3) is 5.49. The first kappa shape index (κ1) is 19.3. The fourth-order valence-corrected chi connectivity index (χ4v) is 1.49. The minimum absolute atomic E-state index is 0.129. The van der Waals surface area contributed by atoms with E-state index in [1.165, 1.54) is 0 Å². The highest BCUT2D eigenvalue weighted by Crippen LogP contribution is 2.36. The normalized spacial score (nSPS) is 11.5. The van der Waals surface area contributed by atoms with Crippen molar-refractivity contribution < 1.29 is 40.7 Å². The summed E-state index contributed by atoms with van der Waals surface area (Å²) in [6.45, 7) is -1.09. The number of benzene rings is 1. The number of amides is 1. The number of nitrogens with one attached hydrogen (secondary N) is 1. The number of hydrogen-bond donors (Lipinski definition) is 1. The van der Waals surface area contributed by atoms with Crippen molar-refractivity contribution in [3.63, 3.8) is 0 Å². The van der Waals surface area contributed by atoms with E-state index in [2.05, 4.69) is 10.1 Å². The molecule has 0 atom stereocenters. The van der Waals surface area contributed by atoms with Crippen molar-refractivity contribution in [1.29, 1.82) is 0 Å². The second kappa shape index (κ2) is 7.25. The fraction of sp³-hybridized carbons (Fsp3) is 0.286. The number of esters is 1. The molecular formula is C14H9F6NO3. The summed E-state index contributed by atoms with van der Waals surface area (Å²) in [7, 11) is 0. The van der Waals surface area contributed by atoms with Crippen molar-refractivity contribution in [3.05, 3.63) is 34.9 Å². The van der Waals surface area contributed by atoms with Crippen LogP contribution in [0.4, 0.5) is 26.3 Å². The number of carbonyl (C=O) groups is 2. The minimum atomic E-state index is -5.10. The number of halogens is 6. The van der Waals surface area contributed by atoms with Gasteiger partial charge in [0.15, 0.2) is 6.61 Å². The molecule has 0 saturated heterocycles. The van der Waals surface area contributed by atoms with E-state index >= 15 is 0 Å². The minimum Gasteiger partial charge on any atom is -0.452 e. The molecule has 1 amide bonds. The van der Waals surface area contributed by atoms with E-state index in [0.717, 1.165) is 0 Å². The van der Waals surface area contributed by atoms with Crippen LogP contribution < -0.4 is 5.32 Å². The quantitative estimate of drug-likeness (QED) is 0.514. The molecule has 0 radical (unpaired) electrons. The van der Waals surface area contributed by atoms with Crippen molar-refractivity contribution >= 4 is 11.9 Å². The van der Waals surface area contributed by atoms with Crippen molar-refractivity contribution in [2.45, 2.75) is 12.4 Å². The van der Waals surface area contributed by atoms with Gasteiger partial charge >= 0.3 is 18.3 Å². The molecule has 1 aromatic carbocycles. The lowest BCUT2D eigenvalue weighted by molar-refractivity contribution is -0.143. The molecule has 1 N–H and O–H groups in total. The van der Waals surface area contributed by atoms with Crippen molar-refractivity contribution in [3.8, 4) is 12.3 Å². The van der Waals surface area contributed by atoms with Crippen LogP contribution in [-0.2, 0) is 21.9 Å². The molecule has 4 nitrogen and oxygen atoms in total. The van der Waals surface area contributed by atoms with Gasteiger partial charge in [0.05, 0.1) is 23.2 Å². The molecule has 1 rings (SSSR count). The Kier molecular flexibility index (Phi) is 5.84. The zero-order chi connectivity index (χ0) is 18.5. The van der Waals surface area contributed by atoms with Gasteiger partial charge in [-0.15, -0.1) is 6.42 Å². The molecule has 130 valence electrons. The second-order valence-corrected chi connectivity index (χ2v) is 4.35. The molecule has 0 saturated carbocycles. The van der Waals surface area contributed by atoms with E-state index < -0.39 is 47.5 Å². The third-order valence-corrected chi connectivity index (χ3v) is 2.55. The van der Waals surface area contributed by atoms with Crippen LogP contribution in [-0.4, -0.2) is 25.0 Å². The SMILES string of the molecule is C#CCNC(=O)COC(=O)c1cc(C(F)(F)F)cc(C(F)(F)F)c1. The molecule has 0 spiro atoms. The van der Waals surface area contributed by atoms with Gasteiger partial charge in [-0.1, -0.05) is 5.92 Å². The number of ether oxygens (including phenoxy) is 1. The van der Waals surface area contributed by atoms with Crippen molar-refractivity contribution in [1.82, 2.24) is 5.32 Å². The molecule has 0 aliphatic rings. The first-order valence-corrected chi connectivity index (χ1v) is 6.12. The van der Waals surface area contributed by atoms with Gasteiger partial charge in [-0.05, 0) is 18.2 Å². The molecule has 0 fully saturated rings. The van der Waals surface area contributed by atoms with Gasteiger partial charge in [0.25, 0.3) is 5.91 Å². The summed E-state index contributed by atoms with van der Waals surface area (Å²) >= 11 is 0. The van der Waals surface area contributed by atoms with Crippen LogP contribution >= 0.6 is 0 Å². The van der Waals surface area contributed by atoms with E-state index in [9.17, 15) is 35.9 Å². The smallest absolute Gasteiger partial charge is 0.416 e. The first-order chi connectivity index (χ1) is 10.9. The van der Waals surface area contributed by atoms with Crippen LogP contribution in [0.3, 0.4) is 0 Å². The molecular weight excluding hydrogens is 344 g/mol.